The van der Waals surface area contributed by atoms with Crippen LogP contribution >= 0.6 is 7.60 Å². The first-order chi connectivity index (χ1) is 15.5. The summed E-state index contributed by atoms with van der Waals surface area (Å²) in [5, 5.41) is 14.5. The van der Waals surface area contributed by atoms with Crippen molar-refractivity contribution in [1.29, 1.82) is 0 Å². The van der Waals surface area contributed by atoms with Gasteiger partial charge in [-0.05, 0) is 30.7 Å². The number of amides is 1. The van der Waals surface area contributed by atoms with Crippen LogP contribution in [0.3, 0.4) is 0 Å². The Hall–Kier alpha value is -3.87. The summed E-state index contributed by atoms with van der Waals surface area (Å²) in [4.78, 5) is 57.7. The number of hydrogen-bond donors (Lipinski definition) is 7. The molecule has 2 aromatic heterocycles. The van der Waals surface area contributed by atoms with Gasteiger partial charge in [0.15, 0.2) is 17.0 Å². The molecule has 2 heterocycles. The number of carbonyl (C=O) groups is 2. The zero-order valence-electron chi connectivity index (χ0n) is 17.0. The fourth-order valence-electron chi connectivity index (χ4n) is 2.80. The highest BCUT2D eigenvalue weighted by atomic mass is 31.2. The van der Waals surface area contributed by atoms with Crippen molar-refractivity contribution >= 4 is 48.1 Å². The molecule has 174 valence electrons. The summed E-state index contributed by atoms with van der Waals surface area (Å²) in [6.07, 6.45) is 0.447. The number of fused-ring (bicyclic) bond motifs is 1. The van der Waals surface area contributed by atoms with Gasteiger partial charge in [-0.15, -0.1) is 0 Å². The van der Waals surface area contributed by atoms with Crippen molar-refractivity contribution in [2.75, 3.05) is 22.9 Å². The van der Waals surface area contributed by atoms with Crippen LogP contribution in [0.4, 0.5) is 17.5 Å². The third-order valence-corrected chi connectivity index (χ3v) is 5.28. The summed E-state index contributed by atoms with van der Waals surface area (Å²) in [5.74, 6) is -1.96. The van der Waals surface area contributed by atoms with Crippen molar-refractivity contribution in [3.8, 4) is 0 Å². The molecule has 0 spiro atoms. The van der Waals surface area contributed by atoms with Crippen molar-refractivity contribution in [2.45, 2.75) is 19.0 Å². The molecular formula is C18H21N8O6P. The molecule has 33 heavy (non-hydrogen) atoms. The van der Waals surface area contributed by atoms with E-state index in [1.54, 1.807) is 12.1 Å². The predicted molar refractivity (Wildman–Crippen MR) is 118 cm³/mol. The predicted octanol–water partition coefficient (Wildman–Crippen LogP) is -0.0529. The minimum absolute atomic E-state index is 0.000712. The maximum Gasteiger partial charge on any atom is 0.326 e. The maximum absolute atomic E-state index is 12.3. The van der Waals surface area contributed by atoms with E-state index in [0.717, 1.165) is 0 Å². The minimum Gasteiger partial charge on any atom is -0.480 e. The lowest BCUT2D eigenvalue weighted by Crippen LogP contribution is -2.41. The van der Waals surface area contributed by atoms with E-state index in [9.17, 15) is 19.3 Å². The average Bonchev–Trinajstić information content (AvgIpc) is 2.74. The molecule has 3 aromatic rings. The lowest BCUT2D eigenvalue weighted by Gasteiger charge is -2.15. The van der Waals surface area contributed by atoms with Gasteiger partial charge in [0.2, 0.25) is 5.95 Å². The first kappa shape index (κ1) is 23.8. The van der Waals surface area contributed by atoms with Crippen molar-refractivity contribution in [3.05, 3.63) is 41.7 Å². The van der Waals surface area contributed by atoms with Crippen LogP contribution in [0.5, 0.6) is 0 Å². The van der Waals surface area contributed by atoms with E-state index >= 15 is 0 Å². The second-order valence-corrected chi connectivity index (χ2v) is 8.75. The molecule has 0 aliphatic carbocycles. The number of rotatable bonds is 9. The molecule has 1 aromatic carbocycles. The largest absolute Gasteiger partial charge is 0.480 e. The third-order valence-electron chi connectivity index (χ3n) is 4.43. The van der Waals surface area contributed by atoms with Crippen molar-refractivity contribution in [3.63, 3.8) is 0 Å². The van der Waals surface area contributed by atoms with Gasteiger partial charge in [-0.25, -0.2) is 14.8 Å². The molecule has 0 fully saturated rings. The van der Waals surface area contributed by atoms with Crippen LogP contribution in [0.1, 0.15) is 22.5 Å². The zero-order chi connectivity index (χ0) is 24.2. The van der Waals surface area contributed by atoms with E-state index in [-0.39, 0.29) is 29.5 Å². The molecule has 1 atom stereocenters. The van der Waals surface area contributed by atoms with Crippen molar-refractivity contribution in [1.82, 2.24) is 25.3 Å². The molecule has 1 unspecified atom stereocenters. The molecule has 15 heteroatoms. The van der Waals surface area contributed by atoms with Crippen molar-refractivity contribution < 1.29 is 29.0 Å². The summed E-state index contributed by atoms with van der Waals surface area (Å²) < 4.78 is 11.0. The molecule has 0 aliphatic heterocycles. The van der Waals surface area contributed by atoms with Crippen LogP contribution < -0.4 is 22.1 Å². The van der Waals surface area contributed by atoms with Crippen LogP contribution in [-0.2, 0) is 15.9 Å². The maximum atomic E-state index is 12.3. The number of carbonyl (C=O) groups excluding carboxylic acids is 1. The molecule has 0 saturated heterocycles. The second kappa shape index (κ2) is 9.73. The second-order valence-electron chi connectivity index (χ2n) is 6.97. The number of aromatic nitrogens is 4. The summed E-state index contributed by atoms with van der Waals surface area (Å²) in [7, 11) is -4.39. The number of nitrogens with zero attached hydrogens (tertiary/aromatic N) is 4. The first-order valence-electron chi connectivity index (χ1n) is 9.48. The number of nitrogens with one attached hydrogen (secondary N) is 2. The number of nitrogen functional groups attached to an aromatic ring is 2. The average molecular weight is 476 g/mol. The number of anilines is 3. The molecule has 0 bridgehead atoms. The normalized spacial score (nSPS) is 12.3. The first-order valence-corrected chi connectivity index (χ1v) is 11.3. The number of hydrogen-bond acceptors (Lipinski definition) is 10. The summed E-state index contributed by atoms with van der Waals surface area (Å²) in [6.45, 7) is 0.280. The Bertz CT molecular complexity index is 1230. The Morgan fingerprint density at radius 2 is 1.79 bits per heavy atom. The monoisotopic (exact) mass is 476 g/mol. The van der Waals surface area contributed by atoms with E-state index in [1.807, 2.05) is 0 Å². The summed E-state index contributed by atoms with van der Waals surface area (Å²) in [5.41, 5.74) is 13.3. The fraction of sp³-hybridized carbons (Fsp3) is 0.222. The number of aliphatic carboxylic acids is 1. The molecule has 0 radical (unpaired) electrons. The van der Waals surface area contributed by atoms with Crippen LogP contribution in [0.25, 0.3) is 11.2 Å². The smallest absolute Gasteiger partial charge is 0.326 e. The molecule has 1 amide bonds. The number of benzene rings is 1. The van der Waals surface area contributed by atoms with Crippen molar-refractivity contribution in [2.24, 2.45) is 0 Å². The highest BCUT2D eigenvalue weighted by Crippen LogP contribution is 2.35. The zero-order valence-corrected chi connectivity index (χ0v) is 17.9. The Morgan fingerprint density at radius 1 is 1.09 bits per heavy atom. The Balaban J connectivity index is 1.61. The Labute approximate surface area is 186 Å². The van der Waals surface area contributed by atoms with E-state index < -0.39 is 38.1 Å². The molecule has 9 N–H and O–H groups in total. The molecule has 0 saturated carbocycles. The van der Waals surface area contributed by atoms with Gasteiger partial charge in [0.25, 0.3) is 5.91 Å². The molecule has 0 aliphatic rings. The highest BCUT2D eigenvalue weighted by molar-refractivity contribution is 7.51. The summed E-state index contributed by atoms with van der Waals surface area (Å²) in [6, 6.07) is 4.72. The Kier molecular flexibility index (Phi) is 7.01. The highest BCUT2D eigenvalue weighted by Gasteiger charge is 2.24. The minimum atomic E-state index is -4.39. The van der Waals surface area contributed by atoms with Crippen LogP contribution in [0.15, 0.2) is 30.5 Å². The lowest BCUT2D eigenvalue weighted by molar-refractivity contribution is -0.139. The van der Waals surface area contributed by atoms with E-state index in [4.69, 9.17) is 21.3 Å². The number of carboxylic acid groups (broad SMARTS) is 1. The molecule has 14 nitrogen and oxygen atoms in total. The quantitative estimate of drug-likeness (QED) is 0.201. The van der Waals surface area contributed by atoms with Gasteiger partial charge in [-0.1, -0.05) is 0 Å². The van der Waals surface area contributed by atoms with Crippen LogP contribution in [0.2, 0.25) is 0 Å². The van der Waals surface area contributed by atoms with E-state index in [1.165, 1.54) is 18.3 Å². The van der Waals surface area contributed by atoms with Gasteiger partial charge in [-0.2, -0.15) is 9.97 Å². The number of carboxylic acids is 1. The Morgan fingerprint density at radius 3 is 2.42 bits per heavy atom. The van der Waals surface area contributed by atoms with Gasteiger partial charge >= 0.3 is 13.6 Å². The molecular weight excluding hydrogens is 455 g/mol. The fourth-order valence-corrected chi connectivity index (χ4v) is 3.39. The van der Waals surface area contributed by atoms with Crippen LogP contribution in [-0.4, -0.2) is 58.9 Å². The SMILES string of the molecule is Nc1nc(N)c2nc(CNc3ccc(C(=O)NC(CCP(=O)(O)O)C(=O)O)cc3)cnc2n1. The standard InChI is InChI=1S/C18H21N8O6P/c19-14-13-15(26-18(20)25-14)22-8-11(23-13)7-21-10-3-1-9(2-4-10)16(27)24-12(17(28)29)5-6-33(30,31)32/h1-4,8,12,21H,5-7H2,(H,24,27)(H,28,29)(H2,30,31,32)(H4,19,20,22,25,26). The van der Waals surface area contributed by atoms with Crippen LogP contribution in [0, 0.1) is 0 Å². The van der Waals surface area contributed by atoms with Gasteiger partial charge in [0.1, 0.15) is 6.04 Å². The van der Waals surface area contributed by atoms with Gasteiger partial charge < -0.3 is 37.0 Å². The molecule has 3 rings (SSSR count). The van der Waals surface area contributed by atoms with Gasteiger partial charge in [-0.3, -0.25) is 9.36 Å². The lowest BCUT2D eigenvalue weighted by atomic mass is 10.1. The van der Waals surface area contributed by atoms with E-state index in [0.29, 0.717) is 16.9 Å². The third kappa shape index (κ3) is 6.55. The van der Waals surface area contributed by atoms with Gasteiger partial charge in [0, 0.05) is 11.3 Å². The summed E-state index contributed by atoms with van der Waals surface area (Å²) >= 11 is 0. The number of nitrogens with two attached hydrogens (primary N) is 2. The topological polar surface area (TPSA) is 240 Å². The van der Waals surface area contributed by atoms with E-state index in [2.05, 4.69) is 30.6 Å². The van der Waals surface area contributed by atoms with Gasteiger partial charge in [0.05, 0.1) is 24.6 Å².